The van der Waals surface area contributed by atoms with Gasteiger partial charge in [-0.2, -0.15) is 10.2 Å². The maximum atomic E-state index is 14.4. The smallest absolute Gasteiger partial charge is 0.222 e. The van der Waals surface area contributed by atoms with Crippen LogP contribution in [0, 0.1) is 24.1 Å². The molecule has 132 valence electrons. The van der Waals surface area contributed by atoms with E-state index in [4.69, 9.17) is 11.0 Å². The first-order valence-corrected chi connectivity index (χ1v) is 8.56. The molecular weight excluding hydrogens is 317 g/mol. The van der Waals surface area contributed by atoms with E-state index in [1.807, 2.05) is 13.0 Å². The number of unbranched alkanes of at least 4 members (excludes halogenated alkanes) is 2. The fraction of sp³-hybridized carbons (Fsp3) is 0.421. The van der Waals surface area contributed by atoms with Gasteiger partial charge in [0.2, 0.25) is 5.95 Å². The van der Waals surface area contributed by atoms with Crippen LogP contribution in [0.3, 0.4) is 0 Å². The molecule has 0 amide bonds. The molecule has 0 aliphatic rings. The predicted molar refractivity (Wildman–Crippen MR) is 97.7 cm³/mol. The third kappa shape index (κ3) is 5.15. The Labute approximate surface area is 148 Å². The third-order valence-corrected chi connectivity index (χ3v) is 4.07. The summed E-state index contributed by atoms with van der Waals surface area (Å²) in [5.41, 5.74) is 8.58. The van der Waals surface area contributed by atoms with Crippen molar-refractivity contribution in [1.29, 1.82) is 5.26 Å². The molecule has 0 saturated heterocycles. The van der Waals surface area contributed by atoms with Crippen LogP contribution in [0.5, 0.6) is 0 Å². The number of benzene rings is 1. The Morgan fingerprint density at radius 3 is 2.76 bits per heavy atom. The molecule has 0 saturated carbocycles. The third-order valence-electron chi connectivity index (χ3n) is 4.07. The van der Waals surface area contributed by atoms with Gasteiger partial charge in [-0.05, 0) is 30.5 Å². The monoisotopic (exact) mass is 341 g/mol. The number of hydrogen-bond acceptors (Lipinski definition) is 5. The van der Waals surface area contributed by atoms with E-state index in [1.165, 1.54) is 6.07 Å². The number of hydrogen-bond donors (Lipinski definition) is 2. The van der Waals surface area contributed by atoms with Gasteiger partial charge in [-0.1, -0.05) is 31.9 Å². The molecule has 0 atom stereocenters. The van der Waals surface area contributed by atoms with E-state index < -0.39 is 0 Å². The van der Waals surface area contributed by atoms with Gasteiger partial charge in [0.05, 0.1) is 12.5 Å². The van der Waals surface area contributed by atoms with E-state index in [9.17, 15) is 4.39 Å². The number of halogens is 1. The van der Waals surface area contributed by atoms with Crippen LogP contribution in [0.2, 0.25) is 0 Å². The molecule has 0 fully saturated rings. The highest BCUT2D eigenvalue weighted by atomic mass is 19.1. The number of nitrogens with one attached hydrogen (secondary N) is 1. The molecule has 0 spiro atoms. The summed E-state index contributed by atoms with van der Waals surface area (Å²) in [7, 11) is 0. The van der Waals surface area contributed by atoms with Crippen LogP contribution >= 0.6 is 0 Å². The number of aryl methyl sites for hydroxylation is 1. The Bertz CT molecular complexity index is 767. The average Bonchev–Trinajstić information content (AvgIpc) is 2.56. The van der Waals surface area contributed by atoms with Crippen LogP contribution in [-0.4, -0.2) is 16.5 Å². The van der Waals surface area contributed by atoms with Crippen molar-refractivity contribution < 1.29 is 4.39 Å². The van der Waals surface area contributed by atoms with Crippen molar-refractivity contribution in [2.45, 2.75) is 46.0 Å². The number of nitrogens with two attached hydrogens (primary N) is 1. The molecule has 2 aromatic rings. The highest BCUT2D eigenvalue weighted by molar-refractivity contribution is 5.51. The minimum absolute atomic E-state index is 0.200. The van der Waals surface area contributed by atoms with Crippen molar-refractivity contribution in [3.8, 4) is 6.07 Å². The summed E-state index contributed by atoms with van der Waals surface area (Å²) >= 11 is 0. The zero-order valence-corrected chi connectivity index (χ0v) is 14.8. The second-order valence-corrected chi connectivity index (χ2v) is 6.07. The van der Waals surface area contributed by atoms with Gasteiger partial charge in [-0.25, -0.2) is 9.37 Å². The highest BCUT2D eigenvalue weighted by Gasteiger charge is 2.14. The van der Waals surface area contributed by atoms with E-state index in [2.05, 4.69) is 22.2 Å². The molecule has 25 heavy (non-hydrogen) atoms. The number of rotatable bonds is 8. The summed E-state index contributed by atoms with van der Waals surface area (Å²) in [4.78, 5) is 8.51. The van der Waals surface area contributed by atoms with Crippen molar-refractivity contribution in [2.75, 3.05) is 17.6 Å². The van der Waals surface area contributed by atoms with E-state index >= 15 is 0 Å². The second-order valence-electron chi connectivity index (χ2n) is 6.07. The molecule has 2 rings (SSSR count). The van der Waals surface area contributed by atoms with Crippen LogP contribution in [0.4, 0.5) is 16.2 Å². The number of nitrogen functional groups attached to an aromatic ring is 1. The molecule has 6 heteroatoms. The summed E-state index contributed by atoms with van der Waals surface area (Å²) in [6.07, 6.45) is 3.89. The zero-order valence-electron chi connectivity index (χ0n) is 14.8. The molecule has 0 aliphatic carbocycles. The minimum atomic E-state index is -0.319. The maximum absolute atomic E-state index is 14.4. The van der Waals surface area contributed by atoms with Crippen LogP contribution in [-0.2, 0) is 12.8 Å². The van der Waals surface area contributed by atoms with E-state index in [1.54, 1.807) is 12.1 Å². The summed E-state index contributed by atoms with van der Waals surface area (Å²) in [5.74, 6) is 0.562. The Balaban J connectivity index is 2.24. The largest absolute Gasteiger partial charge is 0.370 e. The average molecular weight is 341 g/mol. The molecule has 0 bridgehead atoms. The molecule has 3 N–H and O–H groups in total. The van der Waals surface area contributed by atoms with Gasteiger partial charge >= 0.3 is 0 Å². The standard InChI is InChI=1S/C19H24FN5/c1-3-4-5-10-23-18-16(13(2)24-19(22)25-18)12-15-7-6-14(8-9-21)11-17(15)20/h6-7,11H,3-5,8,10,12H2,1-2H3,(H3,22,23,24,25). The maximum Gasteiger partial charge on any atom is 0.222 e. The molecular formula is C19H24FN5. The number of nitrogens with zero attached hydrogens (tertiary/aromatic N) is 3. The lowest BCUT2D eigenvalue weighted by molar-refractivity contribution is 0.612. The van der Waals surface area contributed by atoms with Crippen molar-refractivity contribution >= 4 is 11.8 Å². The zero-order chi connectivity index (χ0) is 18.2. The molecule has 1 aromatic heterocycles. The predicted octanol–water partition coefficient (Wildman–Crippen LogP) is 3.77. The molecule has 1 aromatic carbocycles. The van der Waals surface area contributed by atoms with Gasteiger partial charge in [0.1, 0.15) is 11.6 Å². The first-order valence-electron chi connectivity index (χ1n) is 8.56. The van der Waals surface area contributed by atoms with Crippen LogP contribution in [0.1, 0.15) is 48.6 Å². The normalized spacial score (nSPS) is 10.5. The quantitative estimate of drug-likeness (QED) is 0.714. The Hall–Kier alpha value is -2.68. The summed E-state index contributed by atoms with van der Waals surface area (Å²) in [6.45, 7) is 4.80. The van der Waals surface area contributed by atoms with Crippen molar-refractivity contribution in [2.24, 2.45) is 0 Å². The Morgan fingerprint density at radius 2 is 2.08 bits per heavy atom. The van der Waals surface area contributed by atoms with Crippen molar-refractivity contribution in [3.63, 3.8) is 0 Å². The second kappa shape index (κ2) is 8.97. The fourth-order valence-corrected chi connectivity index (χ4v) is 2.68. The van der Waals surface area contributed by atoms with Crippen LogP contribution in [0.15, 0.2) is 18.2 Å². The minimum Gasteiger partial charge on any atom is -0.370 e. The van der Waals surface area contributed by atoms with Gasteiger partial charge in [0.25, 0.3) is 0 Å². The Morgan fingerprint density at radius 1 is 1.28 bits per heavy atom. The number of nitriles is 1. The van der Waals surface area contributed by atoms with Gasteiger partial charge in [-0.3, -0.25) is 0 Å². The Kier molecular flexibility index (Phi) is 6.70. The molecule has 5 nitrogen and oxygen atoms in total. The molecule has 1 heterocycles. The summed E-state index contributed by atoms with van der Waals surface area (Å²) in [5, 5.41) is 12.0. The number of anilines is 2. The van der Waals surface area contributed by atoms with Crippen molar-refractivity contribution in [3.05, 3.63) is 46.4 Å². The van der Waals surface area contributed by atoms with Gasteiger partial charge in [0.15, 0.2) is 0 Å². The topological polar surface area (TPSA) is 87.6 Å². The lowest BCUT2D eigenvalue weighted by atomic mass is 10.0. The lowest BCUT2D eigenvalue weighted by Gasteiger charge is -2.14. The SMILES string of the molecule is CCCCCNc1nc(N)nc(C)c1Cc1ccc(CC#N)cc1F. The van der Waals surface area contributed by atoms with E-state index in [-0.39, 0.29) is 18.2 Å². The molecule has 0 aliphatic heterocycles. The molecule has 0 unspecified atom stereocenters. The first kappa shape index (κ1) is 18.7. The summed E-state index contributed by atoms with van der Waals surface area (Å²) in [6, 6.07) is 6.95. The van der Waals surface area contributed by atoms with Crippen molar-refractivity contribution in [1.82, 2.24) is 9.97 Å². The molecule has 0 radical (unpaired) electrons. The van der Waals surface area contributed by atoms with Crippen LogP contribution < -0.4 is 11.1 Å². The summed E-state index contributed by atoms with van der Waals surface area (Å²) < 4.78 is 14.4. The first-order chi connectivity index (χ1) is 12.0. The fourth-order valence-electron chi connectivity index (χ4n) is 2.68. The number of aromatic nitrogens is 2. The van der Waals surface area contributed by atoms with Gasteiger partial charge in [-0.15, -0.1) is 0 Å². The van der Waals surface area contributed by atoms with Gasteiger partial charge in [0, 0.05) is 24.2 Å². The highest BCUT2D eigenvalue weighted by Crippen LogP contribution is 2.23. The van der Waals surface area contributed by atoms with Crippen LogP contribution in [0.25, 0.3) is 0 Å². The lowest BCUT2D eigenvalue weighted by Crippen LogP contribution is -2.12. The van der Waals surface area contributed by atoms with E-state index in [0.717, 1.165) is 37.1 Å². The van der Waals surface area contributed by atoms with E-state index in [0.29, 0.717) is 23.4 Å². The van der Waals surface area contributed by atoms with Gasteiger partial charge < -0.3 is 11.1 Å².